The van der Waals surface area contributed by atoms with Crippen molar-refractivity contribution in [3.8, 4) is 0 Å². The van der Waals surface area contributed by atoms with E-state index in [4.69, 9.17) is 14.2 Å². The minimum Gasteiger partial charge on any atom is -0.463 e. The SMILES string of the molecule is CCOC(=O)/C=C/[C@@H]1OC(C)(C)O[C@@H]1[C@H](O)CBr. The monoisotopic (exact) mass is 322 g/mol. The van der Waals surface area contributed by atoms with Crippen LogP contribution in [0.1, 0.15) is 20.8 Å². The average Bonchev–Trinajstić information content (AvgIpc) is 2.61. The summed E-state index contributed by atoms with van der Waals surface area (Å²) in [5.74, 6) is -1.21. The number of aliphatic hydroxyl groups excluding tert-OH is 1. The second-order valence-corrected chi connectivity index (χ2v) is 5.05. The minimum atomic E-state index is -0.780. The van der Waals surface area contributed by atoms with Crippen LogP contribution in [-0.4, -0.2) is 47.1 Å². The Balaban J connectivity index is 2.69. The summed E-state index contributed by atoms with van der Waals surface area (Å²) >= 11 is 3.19. The van der Waals surface area contributed by atoms with E-state index in [1.807, 2.05) is 0 Å². The van der Waals surface area contributed by atoms with Crippen molar-refractivity contribution in [3.63, 3.8) is 0 Å². The highest BCUT2D eigenvalue weighted by atomic mass is 79.9. The summed E-state index contributed by atoms with van der Waals surface area (Å²) in [6, 6.07) is 0. The summed E-state index contributed by atoms with van der Waals surface area (Å²) in [5.41, 5.74) is 0. The van der Waals surface area contributed by atoms with Gasteiger partial charge in [0.25, 0.3) is 0 Å². The summed E-state index contributed by atoms with van der Waals surface area (Å²) in [5, 5.41) is 10.2. The van der Waals surface area contributed by atoms with Crippen molar-refractivity contribution < 1.29 is 24.1 Å². The maximum absolute atomic E-state index is 11.2. The van der Waals surface area contributed by atoms with Crippen molar-refractivity contribution in [1.29, 1.82) is 0 Å². The fourth-order valence-corrected chi connectivity index (χ4v) is 2.08. The van der Waals surface area contributed by atoms with Gasteiger partial charge in [-0.25, -0.2) is 4.79 Å². The second-order valence-electron chi connectivity index (χ2n) is 4.40. The van der Waals surface area contributed by atoms with E-state index in [2.05, 4.69) is 15.9 Å². The molecule has 0 amide bonds. The van der Waals surface area contributed by atoms with E-state index >= 15 is 0 Å². The van der Waals surface area contributed by atoms with Crippen LogP contribution in [0, 0.1) is 0 Å². The van der Waals surface area contributed by atoms with Gasteiger partial charge in [-0.2, -0.15) is 0 Å². The first-order valence-corrected chi connectivity index (χ1v) is 6.96. The molecule has 0 bridgehead atoms. The van der Waals surface area contributed by atoms with Crippen LogP contribution in [0.5, 0.6) is 0 Å². The first-order chi connectivity index (χ1) is 8.39. The van der Waals surface area contributed by atoms with E-state index in [1.54, 1.807) is 26.8 Å². The van der Waals surface area contributed by atoms with Gasteiger partial charge in [-0.3, -0.25) is 0 Å². The normalized spacial score (nSPS) is 28.5. The van der Waals surface area contributed by atoms with Crippen molar-refractivity contribution in [3.05, 3.63) is 12.2 Å². The van der Waals surface area contributed by atoms with Crippen molar-refractivity contribution in [1.82, 2.24) is 0 Å². The minimum absolute atomic E-state index is 0.324. The van der Waals surface area contributed by atoms with Crippen LogP contribution < -0.4 is 0 Å². The topological polar surface area (TPSA) is 65.0 Å². The number of alkyl halides is 1. The third-order valence-corrected chi connectivity index (χ3v) is 3.07. The van der Waals surface area contributed by atoms with Crippen molar-refractivity contribution in [2.45, 2.75) is 44.9 Å². The van der Waals surface area contributed by atoms with E-state index in [0.717, 1.165) is 0 Å². The predicted molar refractivity (Wildman–Crippen MR) is 69.4 cm³/mol. The summed E-state index contributed by atoms with van der Waals surface area (Å²) in [6.07, 6.45) is 1.17. The lowest BCUT2D eigenvalue weighted by Crippen LogP contribution is -2.35. The average molecular weight is 323 g/mol. The largest absolute Gasteiger partial charge is 0.463 e. The zero-order chi connectivity index (χ0) is 13.8. The molecule has 1 fully saturated rings. The molecular formula is C12H19BrO5. The summed E-state index contributed by atoms with van der Waals surface area (Å²) < 4.78 is 16.0. The quantitative estimate of drug-likeness (QED) is 0.470. The van der Waals surface area contributed by atoms with Crippen LogP contribution >= 0.6 is 15.9 Å². The zero-order valence-electron chi connectivity index (χ0n) is 10.8. The maximum atomic E-state index is 11.2. The van der Waals surface area contributed by atoms with Crippen molar-refractivity contribution >= 4 is 21.9 Å². The molecule has 1 saturated heterocycles. The molecule has 104 valence electrons. The van der Waals surface area contributed by atoms with Crippen molar-refractivity contribution in [2.24, 2.45) is 0 Å². The van der Waals surface area contributed by atoms with E-state index in [0.29, 0.717) is 11.9 Å². The zero-order valence-corrected chi connectivity index (χ0v) is 12.3. The van der Waals surface area contributed by atoms with E-state index < -0.39 is 30.1 Å². The number of halogens is 1. The van der Waals surface area contributed by atoms with Gasteiger partial charge in [-0.1, -0.05) is 15.9 Å². The molecule has 5 nitrogen and oxygen atoms in total. The fourth-order valence-electron chi connectivity index (χ4n) is 1.72. The predicted octanol–water partition coefficient (Wildman–Crippen LogP) is 1.38. The molecule has 0 aromatic rings. The molecule has 1 aliphatic heterocycles. The molecule has 0 radical (unpaired) electrons. The highest BCUT2D eigenvalue weighted by Gasteiger charge is 2.43. The summed E-state index contributed by atoms with van der Waals surface area (Å²) in [4.78, 5) is 11.2. The first-order valence-electron chi connectivity index (χ1n) is 5.84. The molecule has 1 heterocycles. The van der Waals surface area contributed by atoms with Gasteiger partial charge in [0, 0.05) is 11.4 Å². The lowest BCUT2D eigenvalue weighted by molar-refractivity contribution is -0.151. The standard InChI is InChI=1S/C12H19BrO5/c1-4-16-10(15)6-5-9-11(8(14)7-13)18-12(2,3)17-9/h5-6,8-9,11,14H,4,7H2,1-3H3/b6-5+/t8-,9+,11-/m1/s1. The molecule has 18 heavy (non-hydrogen) atoms. The van der Waals surface area contributed by atoms with Gasteiger partial charge in [0.05, 0.1) is 12.7 Å². The molecule has 6 heteroatoms. The number of hydrogen-bond acceptors (Lipinski definition) is 5. The number of carbonyl (C=O) groups excluding carboxylic acids is 1. The Kier molecular flexibility index (Phi) is 5.78. The van der Waals surface area contributed by atoms with E-state index in [-0.39, 0.29) is 0 Å². The van der Waals surface area contributed by atoms with Gasteiger partial charge in [-0.05, 0) is 26.8 Å². The summed E-state index contributed by atoms with van der Waals surface area (Å²) in [6.45, 7) is 5.59. The molecule has 0 spiro atoms. The van der Waals surface area contributed by atoms with E-state index in [9.17, 15) is 9.90 Å². The summed E-state index contributed by atoms with van der Waals surface area (Å²) in [7, 11) is 0. The Hall–Kier alpha value is -0.430. The number of carbonyl (C=O) groups is 1. The van der Waals surface area contributed by atoms with Gasteiger partial charge in [-0.15, -0.1) is 0 Å². The van der Waals surface area contributed by atoms with Crippen LogP contribution in [0.2, 0.25) is 0 Å². The Morgan fingerprint density at radius 3 is 2.78 bits per heavy atom. The first kappa shape index (κ1) is 15.6. The number of esters is 1. The van der Waals surface area contributed by atoms with Crippen molar-refractivity contribution in [2.75, 3.05) is 11.9 Å². The third kappa shape index (κ3) is 4.35. The molecule has 1 aliphatic rings. The van der Waals surface area contributed by atoms with Gasteiger partial charge in [0.15, 0.2) is 5.79 Å². The lowest BCUT2D eigenvalue weighted by Gasteiger charge is -2.19. The smallest absolute Gasteiger partial charge is 0.330 e. The number of ether oxygens (including phenoxy) is 3. The molecule has 0 unspecified atom stereocenters. The molecule has 0 saturated carbocycles. The molecule has 1 rings (SSSR count). The van der Waals surface area contributed by atoms with Gasteiger partial charge < -0.3 is 19.3 Å². The van der Waals surface area contributed by atoms with Crippen LogP contribution in [0.3, 0.4) is 0 Å². The van der Waals surface area contributed by atoms with Gasteiger partial charge in [0.2, 0.25) is 0 Å². The molecule has 0 aliphatic carbocycles. The molecule has 3 atom stereocenters. The Morgan fingerprint density at radius 1 is 1.56 bits per heavy atom. The Morgan fingerprint density at radius 2 is 2.22 bits per heavy atom. The molecule has 0 aromatic carbocycles. The van der Waals surface area contributed by atoms with E-state index in [1.165, 1.54) is 6.08 Å². The van der Waals surface area contributed by atoms with Gasteiger partial charge >= 0.3 is 5.97 Å². The van der Waals surface area contributed by atoms with Crippen LogP contribution in [-0.2, 0) is 19.0 Å². The number of aliphatic hydroxyl groups is 1. The van der Waals surface area contributed by atoms with Crippen LogP contribution in [0.15, 0.2) is 12.2 Å². The second kappa shape index (κ2) is 6.65. The van der Waals surface area contributed by atoms with Gasteiger partial charge in [0.1, 0.15) is 12.2 Å². The molecule has 0 aromatic heterocycles. The molecule has 1 N–H and O–H groups in total. The fraction of sp³-hybridized carbons (Fsp3) is 0.750. The number of rotatable bonds is 5. The lowest BCUT2D eigenvalue weighted by atomic mass is 10.1. The third-order valence-electron chi connectivity index (χ3n) is 2.41. The Labute approximate surface area is 115 Å². The van der Waals surface area contributed by atoms with Crippen LogP contribution in [0.25, 0.3) is 0 Å². The highest BCUT2D eigenvalue weighted by molar-refractivity contribution is 9.09. The molecular weight excluding hydrogens is 304 g/mol. The highest BCUT2D eigenvalue weighted by Crippen LogP contribution is 2.31. The number of hydrogen-bond donors (Lipinski definition) is 1. The Bertz CT molecular complexity index is 316. The van der Waals surface area contributed by atoms with Crippen LogP contribution in [0.4, 0.5) is 0 Å². The maximum Gasteiger partial charge on any atom is 0.330 e.